The Bertz CT molecular complexity index is 104. The zero-order valence-electron chi connectivity index (χ0n) is 7.97. The number of rotatable bonds is 2. The van der Waals surface area contributed by atoms with Gasteiger partial charge in [-0.05, 0) is 26.2 Å². The van der Waals surface area contributed by atoms with Crippen molar-refractivity contribution < 1.29 is 6.16 Å². The molecule has 0 amide bonds. The number of ether oxygens (including phenoxy) is 1. The molecule has 1 aliphatic rings. The van der Waals surface area contributed by atoms with E-state index >= 15 is 0 Å². The fourth-order valence-electron chi connectivity index (χ4n) is 1.24. The van der Waals surface area contributed by atoms with Crippen molar-refractivity contribution in [1.82, 2.24) is 0 Å². The van der Waals surface area contributed by atoms with E-state index in [0.29, 0.717) is 12.2 Å². The standard InChI is InChI=1S/C8H14O.C2H6.H2/c1-3-4-8-6-5-7(2)9-8;1-2;/h3,7-8H,1,4-6H2,2H3;1-2H3;1H/t7-,8+;;/m0../s1. The molecule has 0 bridgehead atoms. The summed E-state index contributed by atoms with van der Waals surface area (Å²) >= 11 is 0. The van der Waals surface area contributed by atoms with Gasteiger partial charge in [-0.25, -0.2) is 0 Å². The molecule has 0 N–H and O–H groups in total. The molecular weight excluding hydrogens is 136 g/mol. The first-order valence-electron chi connectivity index (χ1n) is 4.59. The minimum Gasteiger partial charge on any atom is -0.375 e. The lowest BCUT2D eigenvalue weighted by Gasteiger charge is -2.06. The van der Waals surface area contributed by atoms with Gasteiger partial charge in [-0.15, -0.1) is 6.58 Å². The third-order valence-corrected chi connectivity index (χ3v) is 1.75. The Morgan fingerprint density at radius 3 is 2.55 bits per heavy atom. The summed E-state index contributed by atoms with van der Waals surface area (Å²) in [6.07, 6.45) is 6.34. The highest BCUT2D eigenvalue weighted by molar-refractivity contribution is 4.78. The molecule has 1 nitrogen and oxygen atoms in total. The van der Waals surface area contributed by atoms with Gasteiger partial charge >= 0.3 is 0 Å². The van der Waals surface area contributed by atoms with Crippen molar-refractivity contribution in [3.8, 4) is 0 Å². The predicted octanol–water partition coefficient (Wildman–Crippen LogP) is 3.40. The SMILES string of the molecule is C=CC[C@@H]1CC[C@H](C)O1.CC.[HH]. The van der Waals surface area contributed by atoms with Crippen LogP contribution in [0, 0.1) is 0 Å². The second kappa shape index (κ2) is 6.41. The van der Waals surface area contributed by atoms with Gasteiger partial charge in [-0.1, -0.05) is 19.9 Å². The lowest BCUT2D eigenvalue weighted by Crippen LogP contribution is -2.05. The van der Waals surface area contributed by atoms with Gasteiger partial charge < -0.3 is 4.74 Å². The summed E-state index contributed by atoms with van der Waals surface area (Å²) in [4.78, 5) is 0. The summed E-state index contributed by atoms with van der Waals surface area (Å²) < 4.78 is 5.53. The second-order valence-corrected chi connectivity index (χ2v) is 2.67. The largest absolute Gasteiger partial charge is 0.375 e. The van der Waals surface area contributed by atoms with Gasteiger partial charge in [0.15, 0.2) is 0 Å². The van der Waals surface area contributed by atoms with Crippen LogP contribution in [-0.4, -0.2) is 12.2 Å². The maximum atomic E-state index is 5.53. The lowest BCUT2D eigenvalue weighted by atomic mass is 10.1. The molecule has 0 unspecified atom stereocenters. The maximum Gasteiger partial charge on any atom is 0.0614 e. The highest BCUT2D eigenvalue weighted by Gasteiger charge is 2.19. The van der Waals surface area contributed by atoms with Crippen molar-refractivity contribution in [2.45, 2.75) is 52.2 Å². The molecular formula is C10H22O. The molecule has 0 aromatic carbocycles. The molecule has 68 valence electrons. The molecule has 1 heteroatoms. The van der Waals surface area contributed by atoms with E-state index in [2.05, 4.69) is 13.5 Å². The normalized spacial score (nSPS) is 29.0. The average molecular weight is 158 g/mol. The Labute approximate surface area is 71.9 Å². The van der Waals surface area contributed by atoms with Crippen molar-refractivity contribution in [3.63, 3.8) is 0 Å². The molecule has 0 saturated carbocycles. The second-order valence-electron chi connectivity index (χ2n) is 2.67. The van der Waals surface area contributed by atoms with Crippen molar-refractivity contribution in [2.75, 3.05) is 0 Å². The minimum atomic E-state index is 0. The lowest BCUT2D eigenvalue weighted by molar-refractivity contribution is 0.0580. The third-order valence-electron chi connectivity index (χ3n) is 1.75. The summed E-state index contributed by atoms with van der Waals surface area (Å²) in [6.45, 7) is 9.80. The molecule has 0 radical (unpaired) electrons. The Balaban J connectivity index is 0. The summed E-state index contributed by atoms with van der Waals surface area (Å²) in [5, 5.41) is 0. The Morgan fingerprint density at radius 1 is 1.55 bits per heavy atom. The number of hydrogen-bond acceptors (Lipinski definition) is 1. The molecule has 0 aliphatic carbocycles. The minimum absolute atomic E-state index is 0. The fraction of sp³-hybridized carbons (Fsp3) is 0.800. The van der Waals surface area contributed by atoms with Crippen LogP contribution in [0.25, 0.3) is 0 Å². The fourth-order valence-corrected chi connectivity index (χ4v) is 1.24. The van der Waals surface area contributed by atoms with E-state index in [9.17, 15) is 0 Å². The van der Waals surface area contributed by atoms with Crippen LogP contribution in [-0.2, 0) is 4.74 Å². The van der Waals surface area contributed by atoms with Crippen LogP contribution in [0.2, 0.25) is 0 Å². The van der Waals surface area contributed by atoms with Crippen LogP contribution in [0.5, 0.6) is 0 Å². The predicted molar refractivity (Wildman–Crippen MR) is 51.8 cm³/mol. The van der Waals surface area contributed by atoms with E-state index in [4.69, 9.17) is 4.74 Å². The quantitative estimate of drug-likeness (QED) is 0.560. The summed E-state index contributed by atoms with van der Waals surface area (Å²) in [6, 6.07) is 0. The van der Waals surface area contributed by atoms with E-state index < -0.39 is 0 Å². The molecule has 2 atom stereocenters. The molecule has 1 aliphatic heterocycles. The van der Waals surface area contributed by atoms with Crippen LogP contribution in [0.3, 0.4) is 0 Å². The van der Waals surface area contributed by atoms with E-state index in [1.165, 1.54) is 12.8 Å². The molecule has 11 heavy (non-hydrogen) atoms. The van der Waals surface area contributed by atoms with Crippen LogP contribution in [0.4, 0.5) is 0 Å². The van der Waals surface area contributed by atoms with Gasteiger partial charge in [0.1, 0.15) is 0 Å². The molecule has 1 fully saturated rings. The van der Waals surface area contributed by atoms with E-state index in [1.807, 2.05) is 19.9 Å². The molecule has 0 spiro atoms. The monoisotopic (exact) mass is 158 g/mol. The first-order chi connectivity index (χ1) is 5.33. The molecule has 1 rings (SSSR count). The first kappa shape index (κ1) is 10.7. The molecule has 1 heterocycles. The van der Waals surface area contributed by atoms with E-state index in [0.717, 1.165) is 6.42 Å². The van der Waals surface area contributed by atoms with E-state index in [-0.39, 0.29) is 1.43 Å². The van der Waals surface area contributed by atoms with Crippen LogP contribution < -0.4 is 0 Å². The zero-order valence-corrected chi connectivity index (χ0v) is 7.97. The van der Waals surface area contributed by atoms with Gasteiger partial charge in [-0.2, -0.15) is 0 Å². The summed E-state index contributed by atoms with van der Waals surface area (Å²) in [7, 11) is 0. The highest BCUT2D eigenvalue weighted by atomic mass is 16.5. The smallest absolute Gasteiger partial charge is 0.0614 e. The maximum absolute atomic E-state index is 5.53. The summed E-state index contributed by atoms with van der Waals surface area (Å²) in [5.74, 6) is 0. The van der Waals surface area contributed by atoms with Gasteiger partial charge in [0.05, 0.1) is 12.2 Å². The van der Waals surface area contributed by atoms with Crippen molar-refractivity contribution >= 4 is 0 Å². The topological polar surface area (TPSA) is 9.23 Å². The third kappa shape index (κ3) is 4.20. The average Bonchev–Trinajstić information content (AvgIpc) is 2.41. The van der Waals surface area contributed by atoms with Crippen molar-refractivity contribution in [2.24, 2.45) is 0 Å². The van der Waals surface area contributed by atoms with E-state index in [1.54, 1.807) is 0 Å². The van der Waals surface area contributed by atoms with Gasteiger partial charge in [0.2, 0.25) is 0 Å². The van der Waals surface area contributed by atoms with Gasteiger partial charge in [0.25, 0.3) is 0 Å². The Morgan fingerprint density at radius 2 is 2.18 bits per heavy atom. The van der Waals surface area contributed by atoms with Crippen LogP contribution in [0.15, 0.2) is 12.7 Å². The molecule has 0 aromatic heterocycles. The van der Waals surface area contributed by atoms with Crippen molar-refractivity contribution in [3.05, 3.63) is 12.7 Å². The summed E-state index contributed by atoms with van der Waals surface area (Å²) in [5.41, 5.74) is 0. The number of hydrogen-bond donors (Lipinski definition) is 0. The van der Waals surface area contributed by atoms with Crippen LogP contribution in [0.1, 0.15) is 41.5 Å². The highest BCUT2D eigenvalue weighted by Crippen LogP contribution is 2.21. The van der Waals surface area contributed by atoms with Crippen LogP contribution >= 0.6 is 0 Å². The Hall–Kier alpha value is -0.300. The first-order valence-corrected chi connectivity index (χ1v) is 4.59. The van der Waals surface area contributed by atoms with Gasteiger partial charge in [-0.3, -0.25) is 0 Å². The van der Waals surface area contributed by atoms with Crippen molar-refractivity contribution in [1.29, 1.82) is 0 Å². The molecule has 1 saturated heterocycles. The Kier molecular flexibility index (Phi) is 6.24. The van der Waals surface area contributed by atoms with Gasteiger partial charge in [0, 0.05) is 1.43 Å². The molecule has 0 aromatic rings. The zero-order chi connectivity index (χ0) is 8.69.